The molecule has 0 heterocycles. The van der Waals surface area contributed by atoms with Gasteiger partial charge in [0.1, 0.15) is 18.4 Å². The Labute approximate surface area is 275 Å². The van der Waals surface area contributed by atoms with Gasteiger partial charge in [0.05, 0.1) is 10.6 Å². The molecule has 46 heavy (non-hydrogen) atoms. The van der Waals surface area contributed by atoms with E-state index in [9.17, 15) is 22.4 Å². The number of benzene rings is 4. The molecule has 0 bridgehead atoms. The molecule has 2 amide bonds. The fraction of sp³-hybridized carbons (Fsp3) is 0.278. The van der Waals surface area contributed by atoms with Crippen LogP contribution in [0.3, 0.4) is 0 Å². The van der Waals surface area contributed by atoms with Crippen LogP contribution in [-0.2, 0) is 32.6 Å². The van der Waals surface area contributed by atoms with Gasteiger partial charge in [-0.25, -0.2) is 12.8 Å². The zero-order valence-electron chi connectivity index (χ0n) is 25.4. The normalized spacial score (nSPS) is 14.3. The zero-order valence-corrected chi connectivity index (χ0v) is 27.0. The first kappa shape index (κ1) is 33.2. The highest BCUT2D eigenvalue weighted by atomic mass is 35.5. The number of hydrogen-bond acceptors (Lipinski definition) is 4. The summed E-state index contributed by atoms with van der Waals surface area (Å²) in [5.41, 5.74) is 1.74. The van der Waals surface area contributed by atoms with E-state index in [1.165, 1.54) is 41.3 Å². The van der Waals surface area contributed by atoms with Gasteiger partial charge in [0.25, 0.3) is 10.0 Å². The van der Waals surface area contributed by atoms with E-state index in [1.807, 2.05) is 30.3 Å². The van der Waals surface area contributed by atoms with Crippen molar-refractivity contribution in [3.8, 4) is 0 Å². The molecular weight excluding hydrogens is 625 g/mol. The molecule has 0 radical (unpaired) electrons. The van der Waals surface area contributed by atoms with Crippen molar-refractivity contribution >= 4 is 39.1 Å². The van der Waals surface area contributed by atoms with Gasteiger partial charge in [0, 0.05) is 24.0 Å². The summed E-state index contributed by atoms with van der Waals surface area (Å²) in [6.45, 7) is -0.601. The van der Waals surface area contributed by atoms with Gasteiger partial charge >= 0.3 is 0 Å². The van der Waals surface area contributed by atoms with Crippen molar-refractivity contribution in [3.05, 3.63) is 131 Å². The number of carbonyl (C=O) groups is 2. The molecule has 7 nitrogen and oxygen atoms in total. The zero-order chi connectivity index (χ0) is 32.5. The molecule has 1 N–H and O–H groups in total. The van der Waals surface area contributed by atoms with Crippen molar-refractivity contribution in [2.75, 3.05) is 10.8 Å². The summed E-state index contributed by atoms with van der Waals surface area (Å²) in [5, 5.41) is 3.55. The van der Waals surface area contributed by atoms with E-state index in [4.69, 9.17) is 11.6 Å². The van der Waals surface area contributed by atoms with Crippen LogP contribution in [0, 0.1) is 5.82 Å². The van der Waals surface area contributed by atoms with Gasteiger partial charge in [-0.2, -0.15) is 0 Å². The first-order valence-electron chi connectivity index (χ1n) is 15.4. The summed E-state index contributed by atoms with van der Waals surface area (Å²) in [6.07, 6.45) is 5.07. The molecule has 0 spiro atoms. The maximum absolute atomic E-state index is 14.5. The number of rotatable bonds is 12. The summed E-state index contributed by atoms with van der Waals surface area (Å²) < 4.78 is 43.0. The third-order valence-electron chi connectivity index (χ3n) is 8.21. The highest BCUT2D eigenvalue weighted by Gasteiger charge is 2.35. The van der Waals surface area contributed by atoms with E-state index in [1.54, 1.807) is 42.5 Å². The van der Waals surface area contributed by atoms with Gasteiger partial charge in [0.15, 0.2) is 0 Å². The third kappa shape index (κ3) is 8.53. The average Bonchev–Trinajstić information content (AvgIpc) is 3.07. The fourth-order valence-electron chi connectivity index (χ4n) is 5.74. The highest BCUT2D eigenvalue weighted by Crippen LogP contribution is 2.26. The first-order valence-corrected chi connectivity index (χ1v) is 17.2. The lowest BCUT2D eigenvalue weighted by Gasteiger charge is -2.35. The van der Waals surface area contributed by atoms with Gasteiger partial charge in [-0.05, 0) is 72.5 Å². The van der Waals surface area contributed by atoms with Crippen LogP contribution in [-0.4, -0.2) is 43.8 Å². The Hall–Kier alpha value is -4.21. The minimum absolute atomic E-state index is 0.00611. The van der Waals surface area contributed by atoms with Gasteiger partial charge < -0.3 is 10.2 Å². The second kappa shape index (κ2) is 15.4. The molecule has 1 fully saturated rings. The van der Waals surface area contributed by atoms with E-state index >= 15 is 0 Å². The van der Waals surface area contributed by atoms with Crippen molar-refractivity contribution in [3.63, 3.8) is 0 Å². The summed E-state index contributed by atoms with van der Waals surface area (Å²) >= 11 is 6.04. The van der Waals surface area contributed by atoms with Crippen molar-refractivity contribution in [1.82, 2.24) is 10.2 Å². The third-order valence-corrected chi connectivity index (χ3v) is 10.3. The molecule has 0 aliphatic heterocycles. The number of para-hydroxylation sites is 1. The van der Waals surface area contributed by atoms with Gasteiger partial charge in [-0.3, -0.25) is 13.9 Å². The van der Waals surface area contributed by atoms with Crippen molar-refractivity contribution in [2.45, 2.75) is 62.0 Å². The average molecular weight is 662 g/mol. The minimum Gasteiger partial charge on any atom is -0.352 e. The van der Waals surface area contributed by atoms with E-state index in [0.717, 1.165) is 42.0 Å². The Kier molecular flexibility index (Phi) is 11.1. The number of carbonyl (C=O) groups excluding carboxylic acids is 2. The fourth-order valence-corrected chi connectivity index (χ4v) is 7.28. The standard InChI is InChI=1S/C36H37ClFN3O4S/c37-29-18-22-33(23-19-29)46(44,45)41(32-14-8-3-9-15-32)26-35(42)40(25-28-16-20-30(38)21-17-28)34(24-27-10-4-1-5-11-27)36(43)39-31-12-6-2-7-13-31/h1,3-5,8-11,14-23,31,34H,2,6-7,12-13,24-26H2,(H,39,43)/t34-/m0/s1. The summed E-state index contributed by atoms with van der Waals surface area (Å²) in [4.78, 5) is 30.0. The van der Waals surface area contributed by atoms with Crippen molar-refractivity contribution < 1.29 is 22.4 Å². The first-order chi connectivity index (χ1) is 22.2. The van der Waals surface area contributed by atoms with Crippen LogP contribution in [0.1, 0.15) is 43.2 Å². The molecule has 5 rings (SSSR count). The summed E-state index contributed by atoms with van der Waals surface area (Å²) in [6, 6.07) is 28.3. The lowest BCUT2D eigenvalue weighted by atomic mass is 9.94. The molecule has 1 aliphatic carbocycles. The number of hydrogen-bond donors (Lipinski definition) is 1. The molecule has 240 valence electrons. The Morgan fingerprint density at radius 2 is 1.41 bits per heavy atom. The van der Waals surface area contributed by atoms with Crippen LogP contribution in [0.2, 0.25) is 5.02 Å². The quantitative estimate of drug-likeness (QED) is 0.182. The van der Waals surface area contributed by atoms with E-state index < -0.39 is 34.3 Å². The summed E-state index contributed by atoms with van der Waals surface area (Å²) in [7, 11) is -4.23. The number of sulfonamides is 1. The van der Waals surface area contributed by atoms with Crippen LogP contribution in [0.5, 0.6) is 0 Å². The van der Waals surface area contributed by atoms with E-state index in [2.05, 4.69) is 5.32 Å². The van der Waals surface area contributed by atoms with Crippen LogP contribution >= 0.6 is 11.6 Å². The number of nitrogens with one attached hydrogen (secondary N) is 1. The Morgan fingerprint density at radius 1 is 0.804 bits per heavy atom. The number of halogens is 2. The van der Waals surface area contributed by atoms with Gasteiger partial charge in [-0.15, -0.1) is 0 Å². The predicted molar refractivity (Wildman–Crippen MR) is 178 cm³/mol. The van der Waals surface area contributed by atoms with Gasteiger partial charge in [0.2, 0.25) is 11.8 Å². The molecule has 1 saturated carbocycles. The SMILES string of the molecule is O=C(NC1CCCCC1)[C@H](Cc1ccccc1)N(Cc1ccc(F)cc1)C(=O)CN(c1ccccc1)S(=O)(=O)c1ccc(Cl)cc1. The maximum atomic E-state index is 14.5. The second-order valence-electron chi connectivity index (χ2n) is 11.5. The van der Waals surface area contributed by atoms with Crippen LogP contribution < -0.4 is 9.62 Å². The molecule has 0 unspecified atom stereocenters. The number of amides is 2. The number of anilines is 1. The maximum Gasteiger partial charge on any atom is 0.264 e. The minimum atomic E-state index is -4.23. The highest BCUT2D eigenvalue weighted by molar-refractivity contribution is 7.92. The Bertz CT molecular complexity index is 1700. The predicted octanol–water partition coefficient (Wildman–Crippen LogP) is 6.76. The molecule has 0 aromatic heterocycles. The molecule has 1 aliphatic rings. The van der Waals surface area contributed by atoms with Crippen molar-refractivity contribution in [2.24, 2.45) is 0 Å². The molecule has 1 atom stereocenters. The lowest BCUT2D eigenvalue weighted by Crippen LogP contribution is -2.55. The molecule has 4 aromatic carbocycles. The Balaban J connectivity index is 1.54. The van der Waals surface area contributed by atoms with Crippen LogP contribution in [0.25, 0.3) is 0 Å². The lowest BCUT2D eigenvalue weighted by molar-refractivity contribution is -0.140. The van der Waals surface area contributed by atoms with E-state index in [-0.39, 0.29) is 29.8 Å². The summed E-state index contributed by atoms with van der Waals surface area (Å²) in [5.74, 6) is -1.31. The topological polar surface area (TPSA) is 86.8 Å². The van der Waals surface area contributed by atoms with Crippen LogP contribution in [0.4, 0.5) is 10.1 Å². The molecule has 10 heteroatoms. The second-order valence-corrected chi connectivity index (χ2v) is 13.8. The molecular formula is C36H37ClFN3O4S. The van der Waals surface area contributed by atoms with Crippen molar-refractivity contribution in [1.29, 1.82) is 0 Å². The molecule has 0 saturated heterocycles. The smallest absolute Gasteiger partial charge is 0.264 e. The van der Waals surface area contributed by atoms with Gasteiger partial charge in [-0.1, -0.05) is 91.5 Å². The van der Waals surface area contributed by atoms with Crippen LogP contribution in [0.15, 0.2) is 114 Å². The largest absolute Gasteiger partial charge is 0.352 e. The molecule has 4 aromatic rings. The monoisotopic (exact) mass is 661 g/mol. The Morgan fingerprint density at radius 3 is 2.04 bits per heavy atom. The number of nitrogens with zero attached hydrogens (tertiary/aromatic N) is 2. The van der Waals surface area contributed by atoms with E-state index in [0.29, 0.717) is 16.3 Å².